The molecule has 0 atom stereocenters. The molecule has 0 unspecified atom stereocenters. The minimum Gasteiger partial charge on any atom is -0.212 e. The lowest BCUT2D eigenvalue weighted by Gasteiger charge is -1.97. The molecule has 0 bridgehead atoms. The van der Waals surface area contributed by atoms with Crippen molar-refractivity contribution in [2.24, 2.45) is 0 Å². The van der Waals surface area contributed by atoms with Crippen LogP contribution in [0.5, 0.6) is 0 Å². The maximum atomic E-state index is 13.0. The van der Waals surface area contributed by atoms with Crippen molar-refractivity contribution < 1.29 is 8.78 Å². The number of aromatic nitrogens is 2. The lowest BCUT2D eigenvalue weighted by Crippen LogP contribution is -1.84. The third kappa shape index (κ3) is 2.47. The van der Waals surface area contributed by atoms with Crippen LogP contribution < -0.4 is 0 Å². The van der Waals surface area contributed by atoms with Gasteiger partial charge in [-0.25, -0.2) is 13.8 Å². The van der Waals surface area contributed by atoms with Crippen molar-refractivity contribution in [3.63, 3.8) is 0 Å². The second-order valence-corrected chi connectivity index (χ2v) is 5.94. The van der Waals surface area contributed by atoms with E-state index in [1.165, 1.54) is 29.4 Å². The fourth-order valence-corrected chi connectivity index (χ4v) is 3.09. The summed E-state index contributed by atoms with van der Waals surface area (Å²) in [7, 11) is 0. The molecule has 88 valence electrons. The predicted molar refractivity (Wildman–Crippen MR) is 62.4 cm³/mol. The number of rotatable bonds is 3. The Morgan fingerprint density at radius 3 is 2.76 bits per heavy atom. The summed E-state index contributed by atoms with van der Waals surface area (Å²) < 4.78 is 30.8. The smallest absolute Gasteiger partial charge is 0.174 e. The van der Waals surface area contributed by atoms with Gasteiger partial charge in [0.25, 0.3) is 0 Å². The Balaban J connectivity index is 1.78. The van der Waals surface area contributed by atoms with Crippen LogP contribution >= 0.6 is 23.3 Å². The van der Waals surface area contributed by atoms with Crippen LogP contribution in [0.4, 0.5) is 8.78 Å². The zero-order valence-electron chi connectivity index (χ0n) is 8.69. The van der Waals surface area contributed by atoms with E-state index in [9.17, 15) is 8.78 Å². The van der Waals surface area contributed by atoms with Gasteiger partial charge in [-0.05, 0) is 42.6 Å². The maximum absolute atomic E-state index is 13.0. The van der Waals surface area contributed by atoms with Gasteiger partial charge in [0.15, 0.2) is 16.0 Å². The van der Waals surface area contributed by atoms with Gasteiger partial charge in [-0.1, -0.05) is 11.8 Å². The van der Waals surface area contributed by atoms with E-state index in [2.05, 4.69) is 9.36 Å². The molecule has 0 saturated heterocycles. The highest BCUT2D eigenvalue weighted by atomic mass is 32.2. The molecule has 1 heterocycles. The highest BCUT2D eigenvalue weighted by Crippen LogP contribution is 2.40. The quantitative estimate of drug-likeness (QED) is 0.847. The molecule has 1 fully saturated rings. The first kappa shape index (κ1) is 11.1. The molecule has 0 amide bonds. The summed E-state index contributed by atoms with van der Waals surface area (Å²) in [5.41, 5.74) is 0. The summed E-state index contributed by atoms with van der Waals surface area (Å²) in [6.45, 7) is 0. The predicted octanol–water partition coefficient (Wildman–Crippen LogP) is 3.84. The summed E-state index contributed by atoms with van der Waals surface area (Å²) in [6, 6.07) is 3.85. The van der Waals surface area contributed by atoms with Crippen LogP contribution in [-0.2, 0) is 0 Å². The molecule has 1 saturated carbocycles. The molecule has 0 radical (unpaired) electrons. The van der Waals surface area contributed by atoms with Gasteiger partial charge in [-0.15, -0.1) is 0 Å². The van der Waals surface area contributed by atoms with Gasteiger partial charge in [0.2, 0.25) is 0 Å². The first-order valence-corrected chi connectivity index (χ1v) is 6.78. The number of halogens is 2. The molecule has 17 heavy (non-hydrogen) atoms. The van der Waals surface area contributed by atoms with E-state index in [1.54, 1.807) is 6.07 Å². The number of benzene rings is 1. The van der Waals surface area contributed by atoms with Crippen LogP contribution in [0.2, 0.25) is 0 Å². The van der Waals surface area contributed by atoms with Crippen LogP contribution in [-0.4, -0.2) is 9.36 Å². The zero-order valence-corrected chi connectivity index (χ0v) is 10.3. The lowest BCUT2D eigenvalue weighted by atomic mass is 10.3. The second-order valence-electron chi connectivity index (χ2n) is 3.87. The van der Waals surface area contributed by atoms with Crippen LogP contribution in [0.15, 0.2) is 27.4 Å². The van der Waals surface area contributed by atoms with Gasteiger partial charge in [-0.3, -0.25) is 0 Å². The Hall–Kier alpha value is -1.01. The third-order valence-electron chi connectivity index (χ3n) is 2.46. The van der Waals surface area contributed by atoms with Gasteiger partial charge < -0.3 is 0 Å². The Morgan fingerprint density at radius 2 is 2.06 bits per heavy atom. The molecule has 0 aliphatic heterocycles. The molecule has 0 N–H and O–H groups in total. The van der Waals surface area contributed by atoms with Crippen molar-refractivity contribution in [2.75, 3.05) is 0 Å². The molecule has 2 aromatic rings. The fraction of sp³-hybridized carbons (Fsp3) is 0.273. The normalized spacial score (nSPS) is 15.2. The van der Waals surface area contributed by atoms with Gasteiger partial charge in [0, 0.05) is 10.8 Å². The lowest BCUT2D eigenvalue weighted by molar-refractivity contribution is 0.506. The fourth-order valence-electron chi connectivity index (χ4n) is 1.41. The van der Waals surface area contributed by atoms with Crippen LogP contribution in [0.1, 0.15) is 24.6 Å². The molecular formula is C11H8F2N2S2. The van der Waals surface area contributed by atoms with E-state index in [1.807, 2.05) is 0 Å². The largest absolute Gasteiger partial charge is 0.212 e. The average molecular weight is 270 g/mol. The van der Waals surface area contributed by atoms with Gasteiger partial charge in [0.05, 0.1) is 0 Å². The van der Waals surface area contributed by atoms with E-state index in [-0.39, 0.29) is 0 Å². The van der Waals surface area contributed by atoms with Crippen molar-refractivity contribution in [3.05, 3.63) is 35.7 Å². The Morgan fingerprint density at radius 1 is 1.24 bits per heavy atom. The molecule has 1 aliphatic carbocycles. The maximum Gasteiger partial charge on any atom is 0.174 e. The topological polar surface area (TPSA) is 25.8 Å². The SMILES string of the molecule is Fc1ccc(Sc2nc(C3CC3)ns2)cc1F. The summed E-state index contributed by atoms with van der Waals surface area (Å²) in [5, 5.41) is 0. The summed E-state index contributed by atoms with van der Waals surface area (Å²) in [4.78, 5) is 5.01. The van der Waals surface area contributed by atoms with Crippen molar-refractivity contribution in [1.82, 2.24) is 9.36 Å². The Labute approximate surface area is 105 Å². The highest BCUT2D eigenvalue weighted by Gasteiger charge is 2.27. The highest BCUT2D eigenvalue weighted by molar-refractivity contribution is 8.01. The zero-order chi connectivity index (χ0) is 11.8. The molecule has 2 nitrogen and oxygen atoms in total. The minimum absolute atomic E-state index is 0.519. The van der Waals surface area contributed by atoms with Gasteiger partial charge in [0.1, 0.15) is 5.82 Å². The van der Waals surface area contributed by atoms with Gasteiger partial charge >= 0.3 is 0 Å². The summed E-state index contributed by atoms with van der Waals surface area (Å²) in [6.07, 6.45) is 2.32. The monoisotopic (exact) mass is 270 g/mol. The summed E-state index contributed by atoms with van der Waals surface area (Å²) >= 11 is 2.62. The van der Waals surface area contributed by atoms with E-state index in [4.69, 9.17) is 0 Å². The van der Waals surface area contributed by atoms with Crippen molar-refractivity contribution >= 4 is 23.3 Å². The molecule has 1 aliphatic rings. The van der Waals surface area contributed by atoms with Crippen molar-refractivity contribution in [3.8, 4) is 0 Å². The minimum atomic E-state index is -0.832. The van der Waals surface area contributed by atoms with E-state index < -0.39 is 11.6 Å². The van der Waals surface area contributed by atoms with E-state index in [0.717, 1.165) is 29.1 Å². The van der Waals surface area contributed by atoms with Crippen LogP contribution in [0, 0.1) is 11.6 Å². The van der Waals surface area contributed by atoms with Crippen molar-refractivity contribution in [1.29, 1.82) is 0 Å². The molecular weight excluding hydrogens is 262 g/mol. The molecule has 1 aromatic heterocycles. The number of hydrogen-bond donors (Lipinski definition) is 0. The molecule has 1 aromatic carbocycles. The molecule has 3 rings (SSSR count). The first-order valence-electron chi connectivity index (χ1n) is 5.19. The summed E-state index contributed by atoms with van der Waals surface area (Å²) in [5.74, 6) is -0.252. The number of hydrogen-bond acceptors (Lipinski definition) is 4. The number of nitrogens with zero attached hydrogens (tertiary/aromatic N) is 2. The van der Waals surface area contributed by atoms with E-state index >= 15 is 0 Å². The van der Waals surface area contributed by atoms with Crippen LogP contribution in [0.25, 0.3) is 0 Å². The molecule has 0 spiro atoms. The van der Waals surface area contributed by atoms with Crippen LogP contribution in [0.3, 0.4) is 0 Å². The third-order valence-corrected chi connectivity index (χ3v) is 4.22. The van der Waals surface area contributed by atoms with Gasteiger partial charge in [-0.2, -0.15) is 4.37 Å². The molecule has 6 heteroatoms. The standard InChI is InChI=1S/C11H8F2N2S2/c12-8-4-3-7(5-9(8)13)16-11-14-10(15-17-11)6-1-2-6/h3-6H,1-2H2. The second kappa shape index (κ2) is 4.34. The van der Waals surface area contributed by atoms with E-state index in [0.29, 0.717) is 10.8 Å². The average Bonchev–Trinajstić information content (AvgIpc) is 3.06. The van der Waals surface area contributed by atoms with Crippen molar-refractivity contribution in [2.45, 2.75) is 28.0 Å². The Bertz CT molecular complexity index is 552. The first-order chi connectivity index (χ1) is 8.22. The Kier molecular flexibility index (Phi) is 2.84.